The van der Waals surface area contributed by atoms with Crippen molar-refractivity contribution in [2.75, 3.05) is 7.11 Å². The summed E-state index contributed by atoms with van der Waals surface area (Å²) in [5.41, 5.74) is 5.33. The standard InChI is InChI=1S/C8H17NO/c1-7(9)5-6-8(2,3)10-4/h5-7H,9H2,1-4H3/b6-5+. The molecule has 0 saturated carbocycles. The van der Waals surface area contributed by atoms with Crippen LogP contribution < -0.4 is 5.73 Å². The maximum atomic E-state index is 5.51. The summed E-state index contributed by atoms with van der Waals surface area (Å²) < 4.78 is 5.15. The van der Waals surface area contributed by atoms with Gasteiger partial charge < -0.3 is 10.5 Å². The van der Waals surface area contributed by atoms with Crippen LogP contribution in [0.3, 0.4) is 0 Å². The van der Waals surface area contributed by atoms with E-state index in [0.717, 1.165) is 0 Å². The summed E-state index contributed by atoms with van der Waals surface area (Å²) in [6.45, 7) is 5.92. The first-order valence-electron chi connectivity index (χ1n) is 3.48. The average molecular weight is 143 g/mol. The molecule has 0 bridgehead atoms. The highest BCUT2D eigenvalue weighted by molar-refractivity contribution is 4.99. The molecule has 0 aliphatic heterocycles. The molecule has 0 rings (SSSR count). The second kappa shape index (κ2) is 3.74. The lowest BCUT2D eigenvalue weighted by molar-refractivity contribution is 0.0653. The van der Waals surface area contributed by atoms with Crippen LogP contribution >= 0.6 is 0 Å². The molecule has 0 aliphatic carbocycles. The van der Waals surface area contributed by atoms with E-state index in [1.807, 2.05) is 32.9 Å². The zero-order valence-electron chi connectivity index (χ0n) is 7.22. The minimum absolute atomic E-state index is 0.106. The predicted octanol–water partition coefficient (Wildman–Crippen LogP) is 1.31. The Labute approximate surface area is 63.1 Å². The maximum absolute atomic E-state index is 5.51. The zero-order valence-corrected chi connectivity index (χ0v) is 7.22. The Bertz CT molecular complexity index is 116. The number of hydrogen-bond donors (Lipinski definition) is 1. The Hall–Kier alpha value is -0.340. The van der Waals surface area contributed by atoms with Crippen LogP contribution in [0, 0.1) is 0 Å². The van der Waals surface area contributed by atoms with Crippen LogP contribution in [0.15, 0.2) is 12.2 Å². The lowest BCUT2D eigenvalue weighted by Crippen LogP contribution is -2.20. The highest BCUT2D eigenvalue weighted by atomic mass is 16.5. The molecule has 2 heteroatoms. The van der Waals surface area contributed by atoms with Gasteiger partial charge >= 0.3 is 0 Å². The van der Waals surface area contributed by atoms with Crippen LogP contribution in [0.5, 0.6) is 0 Å². The first kappa shape index (κ1) is 9.66. The quantitative estimate of drug-likeness (QED) is 0.605. The second-order valence-electron chi connectivity index (χ2n) is 3.03. The van der Waals surface area contributed by atoms with Crippen molar-refractivity contribution in [2.45, 2.75) is 32.4 Å². The molecule has 1 atom stereocenters. The van der Waals surface area contributed by atoms with E-state index >= 15 is 0 Å². The Kier molecular flexibility index (Phi) is 3.61. The van der Waals surface area contributed by atoms with Crippen molar-refractivity contribution in [3.63, 3.8) is 0 Å². The van der Waals surface area contributed by atoms with Crippen molar-refractivity contribution in [2.24, 2.45) is 5.73 Å². The molecule has 0 fully saturated rings. The minimum atomic E-state index is -0.187. The van der Waals surface area contributed by atoms with Gasteiger partial charge in [0.25, 0.3) is 0 Å². The van der Waals surface area contributed by atoms with E-state index in [1.165, 1.54) is 0 Å². The smallest absolute Gasteiger partial charge is 0.0803 e. The first-order chi connectivity index (χ1) is 4.48. The average Bonchev–Trinajstić information content (AvgIpc) is 1.85. The molecule has 60 valence electrons. The van der Waals surface area contributed by atoms with Crippen molar-refractivity contribution < 1.29 is 4.74 Å². The SMILES string of the molecule is COC(C)(C)/C=C/C(C)N. The molecule has 0 amide bonds. The van der Waals surface area contributed by atoms with E-state index in [9.17, 15) is 0 Å². The topological polar surface area (TPSA) is 35.2 Å². The Morgan fingerprint density at radius 1 is 1.50 bits per heavy atom. The van der Waals surface area contributed by atoms with Gasteiger partial charge in [-0.15, -0.1) is 0 Å². The van der Waals surface area contributed by atoms with Gasteiger partial charge in [0.15, 0.2) is 0 Å². The number of methoxy groups -OCH3 is 1. The van der Waals surface area contributed by atoms with Crippen LogP contribution in [-0.2, 0) is 4.74 Å². The lowest BCUT2D eigenvalue weighted by Gasteiger charge is -2.17. The molecule has 1 unspecified atom stereocenters. The molecular weight excluding hydrogens is 126 g/mol. The van der Waals surface area contributed by atoms with E-state index in [2.05, 4.69) is 0 Å². The van der Waals surface area contributed by atoms with Gasteiger partial charge in [-0.25, -0.2) is 0 Å². The van der Waals surface area contributed by atoms with Crippen molar-refractivity contribution in [1.82, 2.24) is 0 Å². The maximum Gasteiger partial charge on any atom is 0.0803 e. The number of nitrogens with two attached hydrogens (primary N) is 1. The second-order valence-corrected chi connectivity index (χ2v) is 3.03. The zero-order chi connectivity index (χ0) is 8.20. The highest BCUT2D eigenvalue weighted by Gasteiger charge is 2.10. The summed E-state index contributed by atoms with van der Waals surface area (Å²) in [6, 6.07) is 0.106. The van der Waals surface area contributed by atoms with Gasteiger partial charge in [-0.05, 0) is 20.8 Å². The molecule has 0 aromatic heterocycles. The van der Waals surface area contributed by atoms with Crippen LogP contribution in [0.1, 0.15) is 20.8 Å². The van der Waals surface area contributed by atoms with Crippen molar-refractivity contribution in [3.05, 3.63) is 12.2 Å². The van der Waals surface area contributed by atoms with E-state index in [0.29, 0.717) is 0 Å². The Morgan fingerprint density at radius 3 is 2.30 bits per heavy atom. The summed E-state index contributed by atoms with van der Waals surface area (Å²) in [7, 11) is 1.69. The van der Waals surface area contributed by atoms with Crippen LogP contribution in [-0.4, -0.2) is 18.8 Å². The molecule has 10 heavy (non-hydrogen) atoms. The van der Waals surface area contributed by atoms with E-state index in [4.69, 9.17) is 10.5 Å². The summed E-state index contributed by atoms with van der Waals surface area (Å²) >= 11 is 0. The van der Waals surface area contributed by atoms with Crippen LogP contribution in [0.2, 0.25) is 0 Å². The summed E-state index contributed by atoms with van der Waals surface area (Å²) in [5.74, 6) is 0. The molecule has 0 aliphatic rings. The molecule has 2 nitrogen and oxygen atoms in total. The van der Waals surface area contributed by atoms with Crippen molar-refractivity contribution >= 4 is 0 Å². The Morgan fingerprint density at radius 2 is 2.00 bits per heavy atom. The monoisotopic (exact) mass is 143 g/mol. The summed E-state index contributed by atoms with van der Waals surface area (Å²) in [6.07, 6.45) is 3.90. The fraction of sp³-hybridized carbons (Fsp3) is 0.750. The fourth-order valence-electron chi connectivity index (χ4n) is 0.452. The van der Waals surface area contributed by atoms with E-state index in [-0.39, 0.29) is 11.6 Å². The molecule has 2 N–H and O–H groups in total. The lowest BCUT2D eigenvalue weighted by atomic mass is 10.1. The van der Waals surface area contributed by atoms with Gasteiger partial charge in [-0.3, -0.25) is 0 Å². The first-order valence-corrected chi connectivity index (χ1v) is 3.48. The third kappa shape index (κ3) is 4.53. The van der Waals surface area contributed by atoms with Gasteiger partial charge in [-0.1, -0.05) is 12.2 Å². The van der Waals surface area contributed by atoms with E-state index < -0.39 is 0 Å². The van der Waals surface area contributed by atoms with Gasteiger partial charge in [-0.2, -0.15) is 0 Å². The minimum Gasteiger partial charge on any atom is -0.375 e. The fourth-order valence-corrected chi connectivity index (χ4v) is 0.452. The van der Waals surface area contributed by atoms with Crippen molar-refractivity contribution in [3.8, 4) is 0 Å². The van der Waals surface area contributed by atoms with Gasteiger partial charge in [0.1, 0.15) is 0 Å². The van der Waals surface area contributed by atoms with Crippen LogP contribution in [0.25, 0.3) is 0 Å². The molecule has 0 aromatic carbocycles. The van der Waals surface area contributed by atoms with Crippen LogP contribution in [0.4, 0.5) is 0 Å². The largest absolute Gasteiger partial charge is 0.375 e. The molecule has 0 radical (unpaired) electrons. The van der Waals surface area contributed by atoms with Gasteiger partial charge in [0, 0.05) is 13.2 Å². The third-order valence-corrected chi connectivity index (χ3v) is 1.33. The Balaban J connectivity index is 3.86. The normalized spacial score (nSPS) is 16.1. The molecule has 0 aromatic rings. The number of ether oxygens (including phenoxy) is 1. The van der Waals surface area contributed by atoms with Crippen molar-refractivity contribution in [1.29, 1.82) is 0 Å². The molecule has 0 spiro atoms. The molecular formula is C8H17NO. The van der Waals surface area contributed by atoms with Gasteiger partial charge in [0.05, 0.1) is 5.60 Å². The number of hydrogen-bond acceptors (Lipinski definition) is 2. The van der Waals surface area contributed by atoms with Gasteiger partial charge in [0.2, 0.25) is 0 Å². The summed E-state index contributed by atoms with van der Waals surface area (Å²) in [4.78, 5) is 0. The summed E-state index contributed by atoms with van der Waals surface area (Å²) in [5, 5.41) is 0. The molecule has 0 saturated heterocycles. The highest BCUT2D eigenvalue weighted by Crippen LogP contribution is 2.08. The third-order valence-electron chi connectivity index (χ3n) is 1.33. The predicted molar refractivity (Wildman–Crippen MR) is 43.9 cm³/mol. The van der Waals surface area contributed by atoms with E-state index in [1.54, 1.807) is 7.11 Å². The number of rotatable bonds is 3. The molecule has 0 heterocycles.